The Morgan fingerprint density at radius 3 is 2.48 bits per heavy atom. The van der Waals surface area contributed by atoms with Gasteiger partial charge in [-0.3, -0.25) is 4.79 Å². The maximum atomic E-state index is 13.2. The van der Waals surface area contributed by atoms with Gasteiger partial charge in [-0.2, -0.15) is 0 Å². The summed E-state index contributed by atoms with van der Waals surface area (Å²) in [6.45, 7) is 6.65. The summed E-state index contributed by atoms with van der Waals surface area (Å²) in [5, 5.41) is 11.2. The van der Waals surface area contributed by atoms with E-state index in [2.05, 4.69) is 43.1 Å². The largest absolute Gasteiger partial charge is 0.494 e. The normalized spacial score (nSPS) is 11.2. The van der Waals surface area contributed by atoms with E-state index in [0.29, 0.717) is 17.3 Å². The highest BCUT2D eigenvalue weighted by Crippen LogP contribution is 2.28. The van der Waals surface area contributed by atoms with Crippen LogP contribution >= 0.6 is 0 Å². The van der Waals surface area contributed by atoms with Gasteiger partial charge < -0.3 is 14.7 Å². The van der Waals surface area contributed by atoms with Crippen LogP contribution in [0.3, 0.4) is 0 Å². The summed E-state index contributed by atoms with van der Waals surface area (Å²) in [6, 6.07) is 16.2. The second kappa shape index (κ2) is 6.47. The molecule has 2 heterocycles. The van der Waals surface area contributed by atoms with E-state index in [1.807, 2.05) is 31.2 Å². The molecule has 0 saturated heterocycles. The van der Waals surface area contributed by atoms with E-state index >= 15 is 0 Å². The maximum absolute atomic E-state index is 13.2. The molecule has 0 bridgehead atoms. The van der Waals surface area contributed by atoms with Gasteiger partial charge in [-0.05, 0) is 49.6 Å². The molecule has 2 aromatic carbocycles. The zero-order valence-electron chi connectivity index (χ0n) is 15.7. The van der Waals surface area contributed by atoms with Crippen LogP contribution in [-0.4, -0.2) is 14.7 Å². The van der Waals surface area contributed by atoms with Crippen LogP contribution in [0.4, 0.5) is 0 Å². The van der Waals surface area contributed by atoms with Crippen molar-refractivity contribution in [1.82, 2.24) is 9.55 Å². The van der Waals surface area contributed by atoms with Crippen molar-refractivity contribution in [2.45, 2.75) is 27.3 Å². The highest BCUT2D eigenvalue weighted by atomic mass is 16.3. The molecule has 0 unspecified atom stereocenters. The fourth-order valence-electron chi connectivity index (χ4n) is 3.61. The van der Waals surface area contributed by atoms with Gasteiger partial charge in [0.2, 0.25) is 0 Å². The van der Waals surface area contributed by atoms with E-state index in [-0.39, 0.29) is 11.4 Å². The second-order valence-electron chi connectivity index (χ2n) is 7.18. The van der Waals surface area contributed by atoms with Crippen LogP contribution in [0.2, 0.25) is 0 Å². The summed E-state index contributed by atoms with van der Waals surface area (Å²) in [5.74, 6) is 0.0228. The molecule has 0 saturated carbocycles. The number of H-pyrrole nitrogens is 1. The van der Waals surface area contributed by atoms with Crippen LogP contribution in [0.25, 0.3) is 22.0 Å². The number of benzene rings is 2. The summed E-state index contributed by atoms with van der Waals surface area (Å²) in [6.07, 6.45) is 1.57. The van der Waals surface area contributed by atoms with E-state index in [0.717, 1.165) is 27.9 Å². The smallest absolute Gasteiger partial charge is 0.260 e. The van der Waals surface area contributed by atoms with Crippen LogP contribution in [-0.2, 0) is 6.54 Å². The highest BCUT2D eigenvalue weighted by Gasteiger charge is 2.15. The number of hydrogen-bond acceptors (Lipinski definition) is 2. The van der Waals surface area contributed by atoms with Crippen molar-refractivity contribution < 1.29 is 5.11 Å². The summed E-state index contributed by atoms with van der Waals surface area (Å²) in [4.78, 5) is 16.0. The van der Waals surface area contributed by atoms with Gasteiger partial charge in [-0.25, -0.2) is 0 Å². The zero-order valence-corrected chi connectivity index (χ0v) is 15.7. The Morgan fingerprint density at radius 1 is 0.963 bits per heavy atom. The zero-order chi connectivity index (χ0) is 19.1. The average molecular weight is 358 g/mol. The van der Waals surface area contributed by atoms with Gasteiger partial charge in [-0.15, -0.1) is 0 Å². The molecule has 0 fully saturated rings. The minimum absolute atomic E-state index is 0.0228. The minimum atomic E-state index is -0.111. The number of fused-ring (bicyclic) bond motifs is 1. The first-order chi connectivity index (χ1) is 12.9. The van der Waals surface area contributed by atoms with Crippen molar-refractivity contribution in [1.29, 1.82) is 0 Å². The molecule has 4 rings (SSSR count). The number of aromatic hydroxyl groups is 1. The van der Waals surface area contributed by atoms with E-state index in [1.165, 1.54) is 5.56 Å². The van der Waals surface area contributed by atoms with Crippen LogP contribution in [0.5, 0.6) is 5.88 Å². The number of rotatable bonds is 3. The molecule has 136 valence electrons. The fourth-order valence-corrected chi connectivity index (χ4v) is 3.61. The first-order valence-electron chi connectivity index (χ1n) is 9.01. The first kappa shape index (κ1) is 17.2. The van der Waals surface area contributed by atoms with Crippen LogP contribution in [0.15, 0.2) is 59.5 Å². The minimum Gasteiger partial charge on any atom is -0.494 e. The van der Waals surface area contributed by atoms with Gasteiger partial charge in [0.25, 0.3) is 5.56 Å². The number of pyridine rings is 1. The molecule has 0 atom stereocenters. The Balaban J connectivity index is 1.98. The second-order valence-corrected chi connectivity index (χ2v) is 7.18. The van der Waals surface area contributed by atoms with Crippen LogP contribution in [0, 0.1) is 20.8 Å². The number of aromatic nitrogens is 2. The number of hydrogen-bond donors (Lipinski definition) is 2. The Kier molecular flexibility index (Phi) is 4.11. The molecule has 2 N–H and O–H groups in total. The van der Waals surface area contributed by atoms with Crippen molar-refractivity contribution in [3.63, 3.8) is 0 Å². The molecular formula is C23H22N2O2. The maximum Gasteiger partial charge on any atom is 0.260 e. The topological polar surface area (TPSA) is 58.0 Å². The highest BCUT2D eigenvalue weighted by molar-refractivity contribution is 5.89. The Morgan fingerprint density at radius 2 is 1.74 bits per heavy atom. The third-order valence-electron chi connectivity index (χ3n) is 5.09. The molecule has 0 aliphatic carbocycles. The molecule has 0 spiro atoms. The average Bonchev–Trinajstić information content (AvgIpc) is 3.00. The van der Waals surface area contributed by atoms with Gasteiger partial charge in [0.15, 0.2) is 5.88 Å². The lowest BCUT2D eigenvalue weighted by molar-refractivity contribution is 0.462. The monoisotopic (exact) mass is 358 g/mol. The molecule has 2 aromatic heterocycles. The number of aromatic amines is 1. The number of aryl methyl sites for hydroxylation is 3. The molecule has 4 aromatic rings. The lowest BCUT2D eigenvalue weighted by Crippen LogP contribution is -2.22. The Bertz CT molecular complexity index is 1220. The van der Waals surface area contributed by atoms with Crippen molar-refractivity contribution in [3.8, 4) is 17.1 Å². The summed E-state index contributed by atoms with van der Waals surface area (Å²) < 4.78 is 1.79. The molecule has 4 nitrogen and oxygen atoms in total. The molecular weight excluding hydrogens is 336 g/mol. The Labute approximate surface area is 157 Å². The number of nitrogens with zero attached hydrogens (tertiary/aromatic N) is 1. The SMILES string of the molecule is Cc1cccc(-c2cc3c(O)[nH]cc3c(=O)n2Cc2ccc(C)cc2C)c1. The third kappa shape index (κ3) is 3.04. The standard InChI is InChI=1S/C23H22N2O2/c1-14-5-4-6-17(10-14)21-11-19-20(12-24-22(19)26)23(27)25(21)13-18-8-7-15(2)9-16(18)3/h4-12,24,26H,13H2,1-3H3. The lowest BCUT2D eigenvalue weighted by atomic mass is 10.0. The number of nitrogens with one attached hydrogen (secondary N) is 1. The van der Waals surface area contributed by atoms with E-state index in [9.17, 15) is 9.90 Å². The molecule has 0 aliphatic heterocycles. The molecule has 27 heavy (non-hydrogen) atoms. The predicted octanol–water partition coefficient (Wildman–Crippen LogP) is 4.68. The third-order valence-corrected chi connectivity index (χ3v) is 5.09. The van der Waals surface area contributed by atoms with Crippen molar-refractivity contribution in [2.75, 3.05) is 0 Å². The van der Waals surface area contributed by atoms with E-state index < -0.39 is 0 Å². The summed E-state index contributed by atoms with van der Waals surface area (Å²) in [7, 11) is 0. The van der Waals surface area contributed by atoms with Gasteiger partial charge >= 0.3 is 0 Å². The summed E-state index contributed by atoms with van der Waals surface area (Å²) in [5.41, 5.74) is 6.24. The van der Waals surface area contributed by atoms with Crippen LogP contribution in [0.1, 0.15) is 22.3 Å². The van der Waals surface area contributed by atoms with E-state index in [4.69, 9.17) is 0 Å². The van der Waals surface area contributed by atoms with Gasteiger partial charge in [0, 0.05) is 6.20 Å². The summed E-state index contributed by atoms with van der Waals surface area (Å²) >= 11 is 0. The van der Waals surface area contributed by atoms with Crippen LogP contribution < -0.4 is 5.56 Å². The predicted molar refractivity (Wildman–Crippen MR) is 109 cm³/mol. The van der Waals surface area contributed by atoms with Gasteiger partial charge in [-0.1, -0.05) is 47.5 Å². The lowest BCUT2D eigenvalue weighted by Gasteiger charge is -2.16. The Hall–Kier alpha value is -3.27. The first-order valence-corrected chi connectivity index (χ1v) is 9.01. The molecule has 0 radical (unpaired) electrons. The molecule has 0 amide bonds. The fraction of sp³-hybridized carbons (Fsp3) is 0.174. The molecule has 0 aliphatic rings. The van der Waals surface area contributed by atoms with Gasteiger partial charge in [0.1, 0.15) is 0 Å². The van der Waals surface area contributed by atoms with Crippen molar-refractivity contribution >= 4 is 10.8 Å². The molecule has 4 heteroatoms. The van der Waals surface area contributed by atoms with Crippen molar-refractivity contribution in [2.24, 2.45) is 0 Å². The quantitative estimate of drug-likeness (QED) is 0.559. The van der Waals surface area contributed by atoms with Gasteiger partial charge in [0.05, 0.1) is 23.0 Å². The van der Waals surface area contributed by atoms with E-state index in [1.54, 1.807) is 10.8 Å². The van der Waals surface area contributed by atoms with Crippen molar-refractivity contribution in [3.05, 3.63) is 87.3 Å².